The summed E-state index contributed by atoms with van der Waals surface area (Å²) in [7, 11) is 0. The van der Waals surface area contributed by atoms with Gasteiger partial charge < -0.3 is 10.6 Å². The Morgan fingerprint density at radius 1 is 1.26 bits per heavy atom. The zero-order valence-corrected chi connectivity index (χ0v) is 12.3. The fourth-order valence-electron chi connectivity index (χ4n) is 3.32. The summed E-state index contributed by atoms with van der Waals surface area (Å²) in [5.74, 6) is 0.221. The highest BCUT2D eigenvalue weighted by Gasteiger charge is 2.21. The fraction of sp³-hybridized carbons (Fsp3) is 0.933. The standard InChI is InChI=1S/C15H29N3O/c1-2-10-18(11-14-8-5-9-16-14)12-15(19)17-13-6-3-4-7-13/h13-14,16H,2-12H2,1H3,(H,17,19). The Bertz CT molecular complexity index is 271. The van der Waals surface area contributed by atoms with Crippen molar-refractivity contribution in [3.63, 3.8) is 0 Å². The molecule has 0 radical (unpaired) electrons. The summed E-state index contributed by atoms with van der Waals surface area (Å²) >= 11 is 0. The van der Waals surface area contributed by atoms with Gasteiger partial charge in [-0.15, -0.1) is 0 Å². The molecule has 2 fully saturated rings. The van der Waals surface area contributed by atoms with Crippen molar-refractivity contribution >= 4 is 5.91 Å². The zero-order valence-electron chi connectivity index (χ0n) is 12.3. The van der Waals surface area contributed by atoms with Gasteiger partial charge in [-0.25, -0.2) is 0 Å². The summed E-state index contributed by atoms with van der Waals surface area (Å²) in [5.41, 5.74) is 0. The Morgan fingerprint density at radius 3 is 2.68 bits per heavy atom. The SMILES string of the molecule is CCCN(CC(=O)NC1CCCC1)CC1CCCN1. The van der Waals surface area contributed by atoms with Crippen molar-refractivity contribution in [2.45, 2.75) is 64.0 Å². The molecule has 4 heteroatoms. The predicted octanol–water partition coefficient (Wildman–Crippen LogP) is 1.51. The second kappa shape index (κ2) is 7.85. The lowest BCUT2D eigenvalue weighted by Gasteiger charge is -2.25. The van der Waals surface area contributed by atoms with Gasteiger partial charge in [0, 0.05) is 18.6 Å². The van der Waals surface area contributed by atoms with Gasteiger partial charge in [0.05, 0.1) is 6.54 Å². The maximum atomic E-state index is 12.1. The summed E-state index contributed by atoms with van der Waals surface area (Å²) in [6.45, 7) is 5.94. The van der Waals surface area contributed by atoms with Gasteiger partial charge in [-0.1, -0.05) is 19.8 Å². The first-order chi connectivity index (χ1) is 9.28. The molecule has 2 aliphatic rings. The first-order valence-corrected chi connectivity index (χ1v) is 8.03. The lowest BCUT2D eigenvalue weighted by Crippen LogP contribution is -2.45. The van der Waals surface area contributed by atoms with Crippen LogP contribution in [0.1, 0.15) is 51.9 Å². The van der Waals surface area contributed by atoms with Crippen molar-refractivity contribution < 1.29 is 4.79 Å². The molecular formula is C15H29N3O. The highest BCUT2D eigenvalue weighted by Crippen LogP contribution is 2.17. The van der Waals surface area contributed by atoms with E-state index in [2.05, 4.69) is 22.5 Å². The van der Waals surface area contributed by atoms with Gasteiger partial charge in [0.2, 0.25) is 5.91 Å². The molecule has 110 valence electrons. The zero-order chi connectivity index (χ0) is 13.5. The minimum atomic E-state index is 0.221. The van der Waals surface area contributed by atoms with Crippen molar-refractivity contribution in [3.8, 4) is 0 Å². The average molecular weight is 267 g/mol. The monoisotopic (exact) mass is 267 g/mol. The Kier molecular flexibility index (Phi) is 6.11. The Morgan fingerprint density at radius 2 is 2.05 bits per heavy atom. The molecule has 1 atom stereocenters. The molecular weight excluding hydrogens is 238 g/mol. The van der Waals surface area contributed by atoms with E-state index in [-0.39, 0.29) is 5.91 Å². The van der Waals surface area contributed by atoms with Crippen molar-refractivity contribution in [1.82, 2.24) is 15.5 Å². The van der Waals surface area contributed by atoms with Gasteiger partial charge >= 0.3 is 0 Å². The van der Waals surface area contributed by atoms with Crippen LogP contribution in [0.15, 0.2) is 0 Å². The number of rotatable bonds is 7. The molecule has 0 spiro atoms. The van der Waals surface area contributed by atoms with Crippen LogP contribution < -0.4 is 10.6 Å². The second-order valence-corrected chi connectivity index (χ2v) is 6.08. The van der Waals surface area contributed by atoms with Crippen LogP contribution in [0, 0.1) is 0 Å². The minimum absolute atomic E-state index is 0.221. The maximum absolute atomic E-state index is 12.1. The van der Waals surface area contributed by atoms with E-state index in [9.17, 15) is 4.79 Å². The second-order valence-electron chi connectivity index (χ2n) is 6.08. The number of carbonyl (C=O) groups is 1. The fourth-order valence-corrected chi connectivity index (χ4v) is 3.32. The minimum Gasteiger partial charge on any atom is -0.352 e. The molecule has 0 bridgehead atoms. The number of carbonyl (C=O) groups excluding carboxylic acids is 1. The third-order valence-corrected chi connectivity index (χ3v) is 4.27. The molecule has 1 amide bonds. The molecule has 0 aromatic carbocycles. The summed E-state index contributed by atoms with van der Waals surface area (Å²) in [6, 6.07) is 1.03. The van der Waals surface area contributed by atoms with Gasteiger partial charge in [-0.3, -0.25) is 9.69 Å². The third-order valence-electron chi connectivity index (χ3n) is 4.27. The van der Waals surface area contributed by atoms with E-state index < -0.39 is 0 Å². The van der Waals surface area contributed by atoms with Crippen LogP contribution in [0.5, 0.6) is 0 Å². The molecule has 1 heterocycles. The van der Waals surface area contributed by atoms with Crippen molar-refractivity contribution in [2.24, 2.45) is 0 Å². The molecule has 0 aromatic rings. The van der Waals surface area contributed by atoms with Crippen molar-refractivity contribution in [2.75, 3.05) is 26.2 Å². The Balaban J connectivity index is 1.72. The quantitative estimate of drug-likeness (QED) is 0.735. The molecule has 0 aromatic heterocycles. The highest BCUT2D eigenvalue weighted by atomic mass is 16.2. The van der Waals surface area contributed by atoms with Gasteiger partial charge in [-0.2, -0.15) is 0 Å². The number of hydrogen-bond donors (Lipinski definition) is 2. The Hall–Kier alpha value is -0.610. The lowest BCUT2D eigenvalue weighted by atomic mass is 10.2. The number of nitrogens with one attached hydrogen (secondary N) is 2. The Labute approximate surface area is 117 Å². The predicted molar refractivity (Wildman–Crippen MR) is 78.2 cm³/mol. The molecule has 1 aliphatic heterocycles. The normalized spacial score (nSPS) is 24.2. The van der Waals surface area contributed by atoms with Crippen LogP contribution in [0.2, 0.25) is 0 Å². The van der Waals surface area contributed by atoms with E-state index >= 15 is 0 Å². The van der Waals surface area contributed by atoms with E-state index in [0.29, 0.717) is 18.6 Å². The van der Waals surface area contributed by atoms with Crippen LogP contribution in [0.4, 0.5) is 0 Å². The summed E-state index contributed by atoms with van der Waals surface area (Å²) in [6.07, 6.45) is 8.53. The van der Waals surface area contributed by atoms with Gasteiger partial charge in [0.15, 0.2) is 0 Å². The largest absolute Gasteiger partial charge is 0.352 e. The number of nitrogens with zero attached hydrogens (tertiary/aromatic N) is 1. The van der Waals surface area contributed by atoms with Crippen LogP contribution in [0.25, 0.3) is 0 Å². The number of hydrogen-bond acceptors (Lipinski definition) is 3. The van der Waals surface area contributed by atoms with Crippen LogP contribution in [-0.4, -0.2) is 49.1 Å². The van der Waals surface area contributed by atoms with Crippen molar-refractivity contribution in [1.29, 1.82) is 0 Å². The van der Waals surface area contributed by atoms with E-state index in [4.69, 9.17) is 0 Å². The first kappa shape index (κ1) is 14.8. The summed E-state index contributed by atoms with van der Waals surface area (Å²) in [4.78, 5) is 14.4. The van der Waals surface area contributed by atoms with Gasteiger partial charge in [-0.05, 0) is 45.2 Å². The van der Waals surface area contributed by atoms with E-state index in [1.807, 2.05) is 0 Å². The van der Waals surface area contributed by atoms with E-state index in [0.717, 1.165) is 26.1 Å². The van der Waals surface area contributed by atoms with Crippen LogP contribution in [-0.2, 0) is 4.79 Å². The van der Waals surface area contributed by atoms with E-state index in [1.165, 1.54) is 38.5 Å². The smallest absolute Gasteiger partial charge is 0.234 e. The maximum Gasteiger partial charge on any atom is 0.234 e. The molecule has 1 unspecified atom stereocenters. The highest BCUT2D eigenvalue weighted by molar-refractivity contribution is 5.78. The molecule has 2 rings (SSSR count). The molecule has 1 saturated carbocycles. The topological polar surface area (TPSA) is 44.4 Å². The van der Waals surface area contributed by atoms with E-state index in [1.54, 1.807) is 0 Å². The molecule has 4 nitrogen and oxygen atoms in total. The van der Waals surface area contributed by atoms with Crippen LogP contribution >= 0.6 is 0 Å². The molecule has 19 heavy (non-hydrogen) atoms. The third kappa shape index (κ3) is 5.11. The first-order valence-electron chi connectivity index (χ1n) is 8.03. The molecule has 1 saturated heterocycles. The summed E-state index contributed by atoms with van der Waals surface area (Å²) < 4.78 is 0. The van der Waals surface area contributed by atoms with Gasteiger partial charge in [0.25, 0.3) is 0 Å². The molecule has 1 aliphatic carbocycles. The molecule has 2 N–H and O–H groups in total. The van der Waals surface area contributed by atoms with Gasteiger partial charge in [0.1, 0.15) is 0 Å². The number of amides is 1. The van der Waals surface area contributed by atoms with Crippen LogP contribution in [0.3, 0.4) is 0 Å². The van der Waals surface area contributed by atoms with Crippen molar-refractivity contribution in [3.05, 3.63) is 0 Å². The average Bonchev–Trinajstić information content (AvgIpc) is 3.02. The lowest BCUT2D eigenvalue weighted by molar-refractivity contribution is -0.123. The summed E-state index contributed by atoms with van der Waals surface area (Å²) in [5, 5.41) is 6.71.